The summed E-state index contributed by atoms with van der Waals surface area (Å²) in [5, 5.41) is 8.99. The molecule has 0 unspecified atom stereocenters. The smallest absolute Gasteiger partial charge is 0.174 e. The van der Waals surface area contributed by atoms with Crippen molar-refractivity contribution < 1.29 is 4.79 Å². The minimum atomic E-state index is -0.0553. The Labute approximate surface area is 85.3 Å². The Morgan fingerprint density at radius 2 is 2.31 bits per heavy atom. The second kappa shape index (κ2) is 4.20. The molecule has 0 aliphatic carbocycles. The number of hydrogen-bond donors (Lipinski definition) is 0. The molecular weight excluding hydrogens is 230 g/mol. The van der Waals surface area contributed by atoms with Crippen molar-refractivity contribution in [3.05, 3.63) is 34.9 Å². The molecule has 0 saturated carbocycles. The molecule has 66 valence electrons. The lowest BCUT2D eigenvalue weighted by atomic mass is 10.0. The molecule has 0 saturated heterocycles. The van der Waals surface area contributed by atoms with Crippen LogP contribution in [-0.2, 0) is 0 Å². The Balaban J connectivity index is 3.25. The van der Waals surface area contributed by atoms with Gasteiger partial charge in [0.15, 0.2) is 5.78 Å². The first-order valence-electron chi connectivity index (χ1n) is 3.79. The van der Waals surface area contributed by atoms with Gasteiger partial charge in [0.25, 0.3) is 0 Å². The van der Waals surface area contributed by atoms with E-state index in [2.05, 4.69) is 15.9 Å². The second-order valence-corrected chi connectivity index (χ2v) is 3.28. The zero-order valence-electron chi connectivity index (χ0n) is 7.17. The Morgan fingerprint density at radius 1 is 1.62 bits per heavy atom. The van der Waals surface area contributed by atoms with E-state index in [1.54, 1.807) is 12.1 Å². The number of Topliss-reactive ketones (excluding diaryl/α,β-unsaturated/α-hetero) is 1. The van der Waals surface area contributed by atoms with Gasteiger partial charge in [-0.3, -0.25) is 4.79 Å². The van der Waals surface area contributed by atoms with Crippen molar-refractivity contribution in [1.29, 1.82) is 5.26 Å². The summed E-state index contributed by atoms with van der Waals surface area (Å²) in [7, 11) is 0. The number of carbonyl (C=O) groups excluding carboxylic acids is 1. The van der Waals surface area contributed by atoms with Gasteiger partial charge in [0.05, 0.1) is 17.0 Å². The number of rotatable bonds is 2. The average molecular weight is 238 g/mol. The monoisotopic (exact) mass is 237 g/mol. The molecule has 1 aromatic carbocycles. The van der Waals surface area contributed by atoms with E-state index in [0.717, 1.165) is 5.56 Å². The maximum Gasteiger partial charge on any atom is 0.174 e. The highest BCUT2D eigenvalue weighted by molar-refractivity contribution is 9.09. The highest BCUT2D eigenvalue weighted by Crippen LogP contribution is 2.12. The van der Waals surface area contributed by atoms with Crippen LogP contribution < -0.4 is 0 Å². The van der Waals surface area contributed by atoms with Gasteiger partial charge in [0.1, 0.15) is 0 Å². The molecule has 0 aliphatic heterocycles. The van der Waals surface area contributed by atoms with Crippen LogP contribution in [0, 0.1) is 18.3 Å². The highest BCUT2D eigenvalue weighted by atomic mass is 79.9. The van der Waals surface area contributed by atoms with Gasteiger partial charge in [0.2, 0.25) is 0 Å². The minimum absolute atomic E-state index is 0.0553. The minimum Gasteiger partial charge on any atom is -0.293 e. The summed E-state index contributed by atoms with van der Waals surface area (Å²) < 4.78 is 0. The lowest BCUT2D eigenvalue weighted by Crippen LogP contribution is -2.03. The zero-order valence-corrected chi connectivity index (χ0v) is 8.76. The van der Waals surface area contributed by atoms with Crippen molar-refractivity contribution in [2.45, 2.75) is 6.92 Å². The third kappa shape index (κ3) is 2.16. The number of halogens is 1. The van der Waals surface area contributed by atoms with Gasteiger partial charge >= 0.3 is 0 Å². The number of benzene rings is 1. The summed E-state index contributed by atoms with van der Waals surface area (Å²) in [5.74, 6) is -0.0553. The zero-order chi connectivity index (χ0) is 9.84. The summed E-state index contributed by atoms with van der Waals surface area (Å²) in [4.78, 5) is 11.3. The van der Waals surface area contributed by atoms with E-state index in [9.17, 15) is 4.79 Å². The Morgan fingerprint density at radius 3 is 2.85 bits per heavy atom. The molecule has 0 radical (unpaired) electrons. The van der Waals surface area contributed by atoms with Gasteiger partial charge in [-0.1, -0.05) is 27.6 Å². The van der Waals surface area contributed by atoms with Crippen LogP contribution in [0.5, 0.6) is 0 Å². The molecule has 0 heterocycles. The number of aryl methyl sites for hydroxylation is 1. The largest absolute Gasteiger partial charge is 0.293 e. The molecule has 3 heteroatoms. The maximum atomic E-state index is 11.3. The van der Waals surface area contributed by atoms with E-state index in [1.807, 2.05) is 19.1 Å². The average Bonchev–Trinajstić information content (AvgIpc) is 2.16. The number of hydrogen-bond acceptors (Lipinski definition) is 2. The number of nitrogens with zero attached hydrogens (tertiary/aromatic N) is 1. The van der Waals surface area contributed by atoms with Crippen LogP contribution in [0.15, 0.2) is 18.2 Å². The van der Waals surface area contributed by atoms with Crippen molar-refractivity contribution in [1.82, 2.24) is 0 Å². The van der Waals surface area contributed by atoms with Gasteiger partial charge < -0.3 is 0 Å². The first kappa shape index (κ1) is 9.94. The Kier molecular flexibility index (Phi) is 3.21. The lowest BCUT2D eigenvalue weighted by molar-refractivity contribution is 0.102. The fourth-order valence-corrected chi connectivity index (χ4v) is 1.36. The SMILES string of the molecule is Cc1ccc(C#N)c(C(=O)CBr)c1. The van der Waals surface area contributed by atoms with Crippen LogP contribution in [-0.4, -0.2) is 11.1 Å². The highest BCUT2D eigenvalue weighted by Gasteiger charge is 2.09. The second-order valence-electron chi connectivity index (χ2n) is 2.72. The van der Waals surface area contributed by atoms with E-state index < -0.39 is 0 Å². The van der Waals surface area contributed by atoms with Gasteiger partial charge in [-0.15, -0.1) is 0 Å². The summed E-state index contributed by atoms with van der Waals surface area (Å²) in [6.45, 7) is 1.90. The summed E-state index contributed by atoms with van der Waals surface area (Å²) in [5.41, 5.74) is 1.93. The molecule has 0 aromatic heterocycles. The van der Waals surface area contributed by atoms with Crippen molar-refractivity contribution >= 4 is 21.7 Å². The fraction of sp³-hybridized carbons (Fsp3) is 0.200. The van der Waals surface area contributed by atoms with E-state index in [0.29, 0.717) is 11.1 Å². The van der Waals surface area contributed by atoms with E-state index in [4.69, 9.17) is 5.26 Å². The molecule has 0 fully saturated rings. The van der Waals surface area contributed by atoms with Crippen molar-refractivity contribution in [2.24, 2.45) is 0 Å². The predicted octanol–water partition coefficient (Wildman–Crippen LogP) is 2.44. The molecule has 0 atom stereocenters. The topological polar surface area (TPSA) is 40.9 Å². The third-order valence-corrected chi connectivity index (χ3v) is 2.23. The van der Waals surface area contributed by atoms with Crippen molar-refractivity contribution in [3.63, 3.8) is 0 Å². The van der Waals surface area contributed by atoms with E-state index >= 15 is 0 Å². The molecule has 0 bridgehead atoms. The Hall–Kier alpha value is -1.14. The normalized spacial score (nSPS) is 9.31. The summed E-state index contributed by atoms with van der Waals surface area (Å²) in [6.07, 6.45) is 0. The fourth-order valence-electron chi connectivity index (χ4n) is 1.06. The quantitative estimate of drug-likeness (QED) is 0.586. The number of nitriles is 1. The molecule has 0 N–H and O–H groups in total. The predicted molar refractivity (Wildman–Crippen MR) is 54.0 cm³/mol. The van der Waals surface area contributed by atoms with Gasteiger partial charge in [-0.05, 0) is 19.1 Å². The molecule has 1 aromatic rings. The van der Waals surface area contributed by atoms with Crippen LogP contribution in [0.4, 0.5) is 0 Å². The van der Waals surface area contributed by atoms with Gasteiger partial charge in [-0.25, -0.2) is 0 Å². The van der Waals surface area contributed by atoms with Crippen molar-refractivity contribution in [2.75, 3.05) is 5.33 Å². The maximum absolute atomic E-state index is 11.3. The van der Waals surface area contributed by atoms with E-state index in [-0.39, 0.29) is 11.1 Å². The first-order valence-corrected chi connectivity index (χ1v) is 4.91. The van der Waals surface area contributed by atoms with Gasteiger partial charge in [0, 0.05) is 5.56 Å². The molecule has 13 heavy (non-hydrogen) atoms. The lowest BCUT2D eigenvalue weighted by Gasteiger charge is -2.01. The van der Waals surface area contributed by atoms with E-state index in [1.165, 1.54) is 0 Å². The standard InChI is InChI=1S/C10H8BrNO/c1-7-2-3-8(6-12)9(4-7)10(13)5-11/h2-4H,5H2,1H3. The molecule has 0 amide bonds. The number of ketones is 1. The van der Waals surface area contributed by atoms with Crippen LogP contribution in [0.1, 0.15) is 21.5 Å². The third-order valence-electron chi connectivity index (χ3n) is 1.72. The molecule has 1 rings (SSSR count). The first-order chi connectivity index (χ1) is 6.19. The van der Waals surface area contributed by atoms with Crippen molar-refractivity contribution in [3.8, 4) is 6.07 Å². The van der Waals surface area contributed by atoms with Crippen LogP contribution >= 0.6 is 15.9 Å². The summed E-state index contributed by atoms with van der Waals surface area (Å²) in [6, 6.07) is 7.23. The molecule has 0 spiro atoms. The molecular formula is C10H8BrNO. The molecule has 0 aliphatic rings. The van der Waals surface area contributed by atoms with Crippen LogP contribution in [0.25, 0.3) is 0 Å². The Bertz CT molecular complexity index is 379. The van der Waals surface area contributed by atoms with Crippen LogP contribution in [0.3, 0.4) is 0 Å². The summed E-state index contributed by atoms with van der Waals surface area (Å²) >= 11 is 3.08. The van der Waals surface area contributed by atoms with Crippen LogP contribution in [0.2, 0.25) is 0 Å². The number of carbonyl (C=O) groups is 1. The molecule has 2 nitrogen and oxygen atoms in total. The number of alkyl halides is 1. The van der Waals surface area contributed by atoms with Gasteiger partial charge in [-0.2, -0.15) is 5.26 Å².